The smallest absolute Gasteiger partial charge is 0.409 e. The highest BCUT2D eigenvalue weighted by Gasteiger charge is 2.27. The molecule has 1 aliphatic rings. The fourth-order valence-corrected chi connectivity index (χ4v) is 3.10. The van der Waals surface area contributed by atoms with Gasteiger partial charge in [-0.25, -0.2) is 0 Å². The molecule has 9 heteroatoms. The van der Waals surface area contributed by atoms with Gasteiger partial charge in [-0.05, 0) is 52.7 Å². The maximum atomic E-state index is 11.3. The highest BCUT2D eigenvalue weighted by molar-refractivity contribution is 6.30. The SMILES string of the molecule is C[C@H]1CCCC[C@H]1N=c1c([N+](=O)[O-])nn(-c2ccc(Cl)cc2)n1O. The number of benzene rings is 1. The zero-order chi connectivity index (χ0) is 17.3. The standard InChI is InChI=1S/C15H18ClN5O3/c1-10-4-2-3-5-13(10)17-14-15(21(23)24)18-19(20(14)22)12-8-6-11(16)7-9-12/h6-10,13,22H,2-5H2,1H3/t10-,13+/m0/s1. The first kappa shape index (κ1) is 16.5. The summed E-state index contributed by atoms with van der Waals surface area (Å²) in [5.74, 6) is -0.151. The van der Waals surface area contributed by atoms with Crippen molar-refractivity contribution in [2.75, 3.05) is 0 Å². The summed E-state index contributed by atoms with van der Waals surface area (Å²) in [7, 11) is 0. The minimum Gasteiger partial charge on any atom is -0.409 e. The maximum Gasteiger partial charge on any atom is 0.438 e. The molecule has 128 valence electrons. The summed E-state index contributed by atoms with van der Waals surface area (Å²) in [5, 5.41) is 26.1. The molecule has 1 N–H and O–H groups in total. The second-order valence-corrected chi connectivity index (χ2v) is 6.45. The van der Waals surface area contributed by atoms with Gasteiger partial charge < -0.3 is 15.3 Å². The quantitative estimate of drug-likeness (QED) is 0.522. The molecule has 1 fully saturated rings. The van der Waals surface area contributed by atoms with E-state index in [2.05, 4.69) is 17.0 Å². The van der Waals surface area contributed by atoms with Crippen molar-refractivity contribution in [3.63, 3.8) is 0 Å². The fraction of sp³-hybridized carbons (Fsp3) is 0.467. The van der Waals surface area contributed by atoms with E-state index in [0.717, 1.165) is 30.5 Å². The molecule has 8 nitrogen and oxygen atoms in total. The molecule has 1 heterocycles. The Morgan fingerprint density at radius 2 is 2.00 bits per heavy atom. The van der Waals surface area contributed by atoms with Crippen LogP contribution in [0, 0.1) is 16.0 Å². The Morgan fingerprint density at radius 3 is 2.62 bits per heavy atom. The van der Waals surface area contributed by atoms with Gasteiger partial charge in [-0.1, -0.05) is 36.2 Å². The Hall–Kier alpha value is -2.35. The molecule has 1 aromatic carbocycles. The Balaban J connectivity index is 2.11. The molecule has 2 atom stereocenters. The summed E-state index contributed by atoms with van der Waals surface area (Å²) in [4.78, 5) is 16.8. The van der Waals surface area contributed by atoms with E-state index in [1.165, 1.54) is 0 Å². The largest absolute Gasteiger partial charge is 0.438 e. The van der Waals surface area contributed by atoms with Gasteiger partial charge in [0.25, 0.3) is 5.49 Å². The molecule has 1 aliphatic carbocycles. The van der Waals surface area contributed by atoms with Gasteiger partial charge in [-0.2, -0.15) is 0 Å². The molecule has 0 amide bonds. The molecule has 1 aromatic heterocycles. The van der Waals surface area contributed by atoms with Crippen LogP contribution < -0.4 is 5.49 Å². The Kier molecular flexibility index (Phi) is 4.57. The predicted molar refractivity (Wildman–Crippen MR) is 87.4 cm³/mol. The van der Waals surface area contributed by atoms with Crippen LogP contribution in [0.3, 0.4) is 0 Å². The summed E-state index contributed by atoms with van der Waals surface area (Å²) < 4.78 is 0. The zero-order valence-electron chi connectivity index (χ0n) is 13.2. The van der Waals surface area contributed by atoms with E-state index in [1.54, 1.807) is 24.3 Å². The normalized spacial score (nSPS) is 21.8. The van der Waals surface area contributed by atoms with Crippen LogP contribution in [0.2, 0.25) is 5.02 Å². The maximum absolute atomic E-state index is 11.3. The van der Waals surface area contributed by atoms with Crippen LogP contribution in [0.1, 0.15) is 32.6 Å². The van der Waals surface area contributed by atoms with E-state index in [0.29, 0.717) is 21.5 Å². The van der Waals surface area contributed by atoms with Crippen molar-refractivity contribution in [2.45, 2.75) is 38.6 Å². The first-order chi connectivity index (χ1) is 11.5. The predicted octanol–water partition coefficient (Wildman–Crippen LogP) is 2.95. The van der Waals surface area contributed by atoms with Gasteiger partial charge in [0.2, 0.25) is 0 Å². The van der Waals surface area contributed by atoms with Crippen LogP contribution >= 0.6 is 11.6 Å². The summed E-state index contributed by atoms with van der Waals surface area (Å²) >= 11 is 5.84. The molecule has 3 rings (SSSR count). The Morgan fingerprint density at radius 1 is 1.33 bits per heavy atom. The Bertz CT molecular complexity index is 812. The number of nitro groups is 1. The van der Waals surface area contributed by atoms with Crippen LogP contribution in [0.25, 0.3) is 5.69 Å². The third-order valence-corrected chi connectivity index (χ3v) is 4.60. The summed E-state index contributed by atoms with van der Waals surface area (Å²) in [6.45, 7) is 2.07. The van der Waals surface area contributed by atoms with E-state index in [4.69, 9.17) is 11.6 Å². The topological polar surface area (TPSA) is 98.5 Å². The molecule has 24 heavy (non-hydrogen) atoms. The third-order valence-electron chi connectivity index (χ3n) is 4.34. The van der Waals surface area contributed by atoms with E-state index < -0.39 is 10.7 Å². The number of halogens is 1. The summed E-state index contributed by atoms with van der Waals surface area (Å²) in [5.41, 5.74) is 0.317. The molecule has 2 aromatic rings. The van der Waals surface area contributed by atoms with Gasteiger partial charge in [0, 0.05) is 5.02 Å². The number of nitrogens with zero attached hydrogens (tertiary/aromatic N) is 5. The van der Waals surface area contributed by atoms with Crippen molar-refractivity contribution < 1.29 is 10.1 Å². The lowest BCUT2D eigenvalue weighted by atomic mass is 9.86. The average Bonchev–Trinajstić information content (AvgIpc) is 2.88. The molecule has 1 saturated carbocycles. The van der Waals surface area contributed by atoms with Crippen molar-refractivity contribution in [3.05, 3.63) is 44.9 Å². The molecule has 0 aliphatic heterocycles. The lowest BCUT2D eigenvalue weighted by Crippen LogP contribution is -2.28. The van der Waals surface area contributed by atoms with Crippen molar-refractivity contribution in [1.29, 1.82) is 0 Å². The van der Waals surface area contributed by atoms with Gasteiger partial charge in [0.15, 0.2) is 0 Å². The van der Waals surface area contributed by atoms with Crippen LogP contribution in [0.5, 0.6) is 0 Å². The minimum atomic E-state index is -0.633. The summed E-state index contributed by atoms with van der Waals surface area (Å²) in [6.07, 6.45) is 4.05. The van der Waals surface area contributed by atoms with Crippen molar-refractivity contribution >= 4 is 17.4 Å². The molecule has 0 spiro atoms. The van der Waals surface area contributed by atoms with Gasteiger partial charge in [0.05, 0.1) is 11.1 Å². The highest BCUT2D eigenvalue weighted by Crippen LogP contribution is 2.26. The van der Waals surface area contributed by atoms with Crippen molar-refractivity contribution in [3.8, 4) is 5.69 Å². The zero-order valence-corrected chi connectivity index (χ0v) is 13.9. The van der Waals surface area contributed by atoms with E-state index in [9.17, 15) is 15.3 Å². The highest BCUT2D eigenvalue weighted by atomic mass is 35.5. The van der Waals surface area contributed by atoms with Crippen LogP contribution in [-0.2, 0) is 0 Å². The van der Waals surface area contributed by atoms with E-state index in [1.807, 2.05) is 0 Å². The van der Waals surface area contributed by atoms with Gasteiger partial charge in [-0.3, -0.25) is 4.99 Å². The molecule has 0 saturated heterocycles. The summed E-state index contributed by atoms with van der Waals surface area (Å²) in [6, 6.07) is 6.39. The van der Waals surface area contributed by atoms with E-state index >= 15 is 0 Å². The third kappa shape index (κ3) is 3.14. The lowest BCUT2D eigenvalue weighted by Gasteiger charge is -2.24. The van der Waals surface area contributed by atoms with Crippen LogP contribution in [0.4, 0.5) is 5.82 Å². The monoisotopic (exact) mass is 351 g/mol. The number of aromatic nitrogens is 3. The van der Waals surface area contributed by atoms with Gasteiger partial charge >= 0.3 is 5.82 Å². The average molecular weight is 352 g/mol. The number of hydrogen-bond acceptors (Lipinski definition) is 5. The van der Waals surface area contributed by atoms with E-state index in [-0.39, 0.29) is 11.5 Å². The molecule has 0 unspecified atom stereocenters. The number of rotatable bonds is 3. The van der Waals surface area contributed by atoms with Crippen LogP contribution in [-0.4, -0.2) is 30.9 Å². The molecular weight excluding hydrogens is 334 g/mol. The second kappa shape index (κ2) is 6.64. The minimum absolute atomic E-state index is 0.0567. The van der Waals surface area contributed by atoms with Crippen LogP contribution in [0.15, 0.2) is 29.3 Å². The molecule has 0 bridgehead atoms. The Labute approximate surface area is 143 Å². The molecular formula is C15H18ClN5O3. The second-order valence-electron chi connectivity index (χ2n) is 6.02. The molecule has 0 radical (unpaired) electrons. The van der Waals surface area contributed by atoms with Gasteiger partial charge in [0.1, 0.15) is 5.69 Å². The van der Waals surface area contributed by atoms with Crippen molar-refractivity contribution in [2.24, 2.45) is 10.9 Å². The van der Waals surface area contributed by atoms with Gasteiger partial charge in [-0.15, -0.1) is 0 Å². The first-order valence-corrected chi connectivity index (χ1v) is 8.21. The fourth-order valence-electron chi connectivity index (χ4n) is 2.97. The number of hydrogen-bond donors (Lipinski definition) is 1. The van der Waals surface area contributed by atoms with Crippen molar-refractivity contribution in [1.82, 2.24) is 14.7 Å². The lowest BCUT2D eigenvalue weighted by molar-refractivity contribution is -0.391. The first-order valence-electron chi connectivity index (χ1n) is 7.83.